The molecular formula is C26H23ClF2N4O3. The van der Waals surface area contributed by atoms with E-state index in [0.29, 0.717) is 35.2 Å². The molecule has 3 N–H and O–H groups in total. The molecule has 5 rings (SSSR count). The van der Waals surface area contributed by atoms with Crippen LogP contribution in [-0.4, -0.2) is 42.0 Å². The Labute approximate surface area is 210 Å². The van der Waals surface area contributed by atoms with Gasteiger partial charge in [-0.05, 0) is 36.8 Å². The van der Waals surface area contributed by atoms with Gasteiger partial charge in [0.1, 0.15) is 17.7 Å². The highest BCUT2D eigenvalue weighted by molar-refractivity contribution is 6.31. The molecule has 1 atom stereocenters. The average Bonchev–Trinajstić information content (AvgIpc) is 3.33. The molecule has 10 heteroatoms. The smallest absolute Gasteiger partial charge is 0.253 e. The zero-order valence-corrected chi connectivity index (χ0v) is 20.1. The van der Waals surface area contributed by atoms with E-state index in [2.05, 4.69) is 10.3 Å². The highest BCUT2D eigenvalue weighted by atomic mass is 35.5. The lowest BCUT2D eigenvalue weighted by atomic mass is 10.0. The van der Waals surface area contributed by atoms with Gasteiger partial charge in [-0.15, -0.1) is 0 Å². The van der Waals surface area contributed by atoms with E-state index in [-0.39, 0.29) is 28.1 Å². The molecule has 7 nitrogen and oxygen atoms in total. The topological polar surface area (TPSA) is 93.6 Å². The predicted molar refractivity (Wildman–Crippen MR) is 133 cm³/mol. The van der Waals surface area contributed by atoms with Crippen LogP contribution in [0.4, 0.5) is 14.6 Å². The molecule has 3 heterocycles. The van der Waals surface area contributed by atoms with Crippen LogP contribution in [-0.2, 0) is 0 Å². The normalized spacial score (nSPS) is 14.7. The van der Waals surface area contributed by atoms with Gasteiger partial charge >= 0.3 is 0 Å². The maximum absolute atomic E-state index is 14.4. The molecule has 1 aliphatic rings. The number of ether oxygens (including phenoxy) is 1. The third-order valence-electron chi connectivity index (χ3n) is 6.23. The van der Waals surface area contributed by atoms with Crippen LogP contribution in [0, 0.1) is 11.6 Å². The fraction of sp³-hybridized carbons (Fsp3) is 0.231. The molecular weight excluding hydrogens is 490 g/mol. The number of nitrogens with one attached hydrogen (secondary N) is 1. The molecule has 0 radical (unpaired) electrons. The van der Waals surface area contributed by atoms with Crippen molar-refractivity contribution in [2.24, 2.45) is 0 Å². The van der Waals surface area contributed by atoms with Gasteiger partial charge in [0.15, 0.2) is 11.4 Å². The van der Waals surface area contributed by atoms with Crippen molar-refractivity contribution in [2.75, 3.05) is 31.9 Å². The first kappa shape index (κ1) is 24.0. The van der Waals surface area contributed by atoms with E-state index < -0.39 is 17.7 Å². The average molecular weight is 513 g/mol. The summed E-state index contributed by atoms with van der Waals surface area (Å²) >= 11 is 5.99. The molecule has 1 unspecified atom stereocenters. The fourth-order valence-corrected chi connectivity index (χ4v) is 4.62. The molecule has 1 fully saturated rings. The van der Waals surface area contributed by atoms with Crippen LogP contribution in [0.3, 0.4) is 0 Å². The van der Waals surface area contributed by atoms with Crippen molar-refractivity contribution in [3.05, 3.63) is 76.6 Å². The number of hydrogen-bond acceptors (Lipinski definition) is 6. The molecule has 0 saturated carbocycles. The third-order valence-corrected chi connectivity index (χ3v) is 6.61. The number of rotatable bonds is 5. The Bertz CT molecular complexity index is 1440. The zero-order valence-electron chi connectivity index (χ0n) is 19.4. The number of fused-ring (bicyclic) bond motifs is 1. The Hall–Kier alpha value is -3.69. The Morgan fingerprint density at radius 3 is 2.58 bits per heavy atom. The number of carbonyl (C=O) groups excluding carboxylic acids is 1. The van der Waals surface area contributed by atoms with Gasteiger partial charge in [0.2, 0.25) is 5.75 Å². The second kappa shape index (κ2) is 9.75. The first-order valence-corrected chi connectivity index (χ1v) is 11.8. The highest BCUT2D eigenvalue weighted by Gasteiger charge is 2.24. The number of anilines is 1. The zero-order chi connectivity index (χ0) is 25.4. The van der Waals surface area contributed by atoms with E-state index in [0.717, 1.165) is 30.8 Å². The van der Waals surface area contributed by atoms with E-state index >= 15 is 0 Å². The summed E-state index contributed by atoms with van der Waals surface area (Å²) in [5, 5.41) is 3.48. The minimum absolute atomic E-state index is 0.0116. The summed E-state index contributed by atoms with van der Waals surface area (Å²) in [4.78, 5) is 18.8. The maximum atomic E-state index is 14.4. The van der Waals surface area contributed by atoms with Crippen LogP contribution in [0.15, 0.2) is 53.3 Å². The summed E-state index contributed by atoms with van der Waals surface area (Å²) in [6, 6.07) is 9.16. The van der Waals surface area contributed by atoms with E-state index in [1.807, 2.05) is 17.0 Å². The van der Waals surface area contributed by atoms with Crippen LogP contribution in [0.1, 0.15) is 28.9 Å². The van der Waals surface area contributed by atoms with Crippen molar-refractivity contribution in [1.82, 2.24) is 15.2 Å². The quantitative estimate of drug-likeness (QED) is 0.357. The number of carbonyl (C=O) groups is 1. The van der Waals surface area contributed by atoms with Crippen molar-refractivity contribution < 1.29 is 22.7 Å². The van der Waals surface area contributed by atoms with Gasteiger partial charge in [0.05, 0.1) is 16.7 Å². The minimum atomic E-state index is -0.980. The predicted octanol–water partition coefficient (Wildman–Crippen LogP) is 5.19. The van der Waals surface area contributed by atoms with E-state index in [1.54, 1.807) is 18.3 Å². The molecule has 36 heavy (non-hydrogen) atoms. The number of benzene rings is 2. The largest absolute Gasteiger partial charge is 0.478 e. The fourth-order valence-electron chi connectivity index (χ4n) is 4.31. The van der Waals surface area contributed by atoms with Crippen LogP contribution in [0.25, 0.3) is 22.1 Å². The summed E-state index contributed by atoms with van der Waals surface area (Å²) in [5.74, 6) is -1.35. The number of nitrogen functional groups attached to an aromatic ring is 1. The molecule has 0 aliphatic carbocycles. The lowest BCUT2D eigenvalue weighted by molar-refractivity contribution is 0.0736. The third kappa shape index (κ3) is 4.36. The lowest BCUT2D eigenvalue weighted by Crippen LogP contribution is -2.46. The minimum Gasteiger partial charge on any atom is -0.478 e. The second-order valence-electron chi connectivity index (χ2n) is 8.50. The molecule has 1 aliphatic heterocycles. The summed E-state index contributed by atoms with van der Waals surface area (Å²) in [5.41, 5.74) is 8.33. The van der Waals surface area contributed by atoms with E-state index in [1.165, 1.54) is 13.2 Å². The first-order chi connectivity index (χ1) is 17.3. The maximum Gasteiger partial charge on any atom is 0.253 e. The van der Waals surface area contributed by atoms with E-state index in [9.17, 15) is 13.6 Å². The number of hydrogen-bond donors (Lipinski definition) is 2. The summed E-state index contributed by atoms with van der Waals surface area (Å²) in [6.45, 7) is 4.43. The molecule has 0 spiro atoms. The Morgan fingerprint density at radius 1 is 1.17 bits per heavy atom. The monoisotopic (exact) mass is 512 g/mol. The highest BCUT2D eigenvalue weighted by Crippen LogP contribution is 2.40. The van der Waals surface area contributed by atoms with Gasteiger partial charge in [0.25, 0.3) is 5.91 Å². The standard InChI is InChI=1S/C26H23ClF2N4O3/c1-14(21-19(28)6-7-20(29)22(21)27)36-24-23-17(12-32-25(24)30)18(13-35-23)15-2-4-16(5-3-15)26(34)33-10-8-31-9-11-33/h2-7,12-14,31H,8-11H2,1H3,(H2,30,32). The molecule has 2 aromatic carbocycles. The second-order valence-corrected chi connectivity index (χ2v) is 8.88. The molecule has 186 valence electrons. The van der Waals surface area contributed by atoms with Gasteiger partial charge in [-0.3, -0.25) is 4.79 Å². The molecule has 1 saturated heterocycles. The number of aromatic nitrogens is 1. The number of nitrogens with two attached hydrogens (primary N) is 1. The Kier molecular flexibility index (Phi) is 6.51. The van der Waals surface area contributed by atoms with Crippen molar-refractivity contribution in [1.29, 1.82) is 0 Å². The van der Waals surface area contributed by atoms with Crippen LogP contribution >= 0.6 is 11.6 Å². The Balaban J connectivity index is 1.45. The van der Waals surface area contributed by atoms with Gasteiger partial charge in [-0.25, -0.2) is 13.8 Å². The summed E-state index contributed by atoms with van der Waals surface area (Å²) in [6.07, 6.45) is 2.11. The van der Waals surface area contributed by atoms with Gasteiger partial charge < -0.3 is 25.1 Å². The number of halogens is 3. The van der Waals surface area contributed by atoms with Gasteiger partial charge in [-0.1, -0.05) is 23.7 Å². The summed E-state index contributed by atoms with van der Waals surface area (Å²) in [7, 11) is 0. The molecule has 2 aromatic heterocycles. The van der Waals surface area contributed by atoms with Gasteiger partial charge in [0, 0.05) is 49.1 Å². The van der Waals surface area contributed by atoms with Crippen LogP contribution in [0.5, 0.6) is 5.75 Å². The molecule has 0 bridgehead atoms. The van der Waals surface area contributed by atoms with Crippen LogP contribution in [0.2, 0.25) is 5.02 Å². The van der Waals surface area contributed by atoms with Crippen molar-refractivity contribution >= 4 is 34.3 Å². The van der Waals surface area contributed by atoms with Crippen molar-refractivity contribution in [3.63, 3.8) is 0 Å². The molecule has 1 amide bonds. The first-order valence-electron chi connectivity index (χ1n) is 11.4. The van der Waals surface area contributed by atoms with E-state index in [4.69, 9.17) is 26.5 Å². The number of pyridine rings is 1. The van der Waals surface area contributed by atoms with Gasteiger partial charge in [-0.2, -0.15) is 0 Å². The van der Waals surface area contributed by atoms with Crippen molar-refractivity contribution in [3.8, 4) is 16.9 Å². The number of nitrogens with zero attached hydrogens (tertiary/aromatic N) is 2. The van der Waals surface area contributed by atoms with Crippen molar-refractivity contribution in [2.45, 2.75) is 13.0 Å². The number of amides is 1. The SMILES string of the molecule is CC(Oc1c(N)ncc2c(-c3ccc(C(=O)N4CCNCC4)cc3)coc12)c1c(F)ccc(F)c1Cl. The summed E-state index contributed by atoms with van der Waals surface area (Å²) < 4.78 is 40.0. The number of furan rings is 1. The van der Waals surface area contributed by atoms with Crippen LogP contribution < -0.4 is 15.8 Å². The molecule has 4 aromatic rings. The lowest BCUT2D eigenvalue weighted by Gasteiger charge is -2.27. The number of piperazine rings is 1. The Morgan fingerprint density at radius 2 is 1.86 bits per heavy atom.